The predicted molar refractivity (Wildman–Crippen MR) is 78.9 cm³/mol. The summed E-state index contributed by atoms with van der Waals surface area (Å²) in [6.07, 6.45) is 0. The van der Waals surface area contributed by atoms with Gasteiger partial charge >= 0.3 is 0 Å². The Morgan fingerprint density at radius 1 is 1.11 bits per heavy atom. The van der Waals surface area contributed by atoms with Crippen molar-refractivity contribution in [1.82, 2.24) is 0 Å². The number of halogens is 1. The fourth-order valence-electron chi connectivity index (χ4n) is 2.11. The van der Waals surface area contributed by atoms with E-state index in [1.165, 1.54) is 15.3 Å². The lowest BCUT2D eigenvalue weighted by atomic mass is 10.1. The van der Waals surface area contributed by atoms with Crippen LogP contribution < -0.4 is 9.47 Å². The first-order valence-corrected chi connectivity index (χ1v) is 7.51. The normalized spacial score (nSPS) is 15.3. The molecule has 0 radical (unpaired) electrons. The molecule has 2 aromatic rings. The van der Waals surface area contributed by atoms with Crippen molar-refractivity contribution in [3.63, 3.8) is 0 Å². The van der Waals surface area contributed by atoms with Crippen LogP contribution in [0, 0.1) is 13.8 Å². The largest absolute Gasteiger partial charge is 0.486 e. The summed E-state index contributed by atoms with van der Waals surface area (Å²) < 4.78 is 11.1. The summed E-state index contributed by atoms with van der Waals surface area (Å²) in [7, 11) is 0. The van der Waals surface area contributed by atoms with E-state index >= 15 is 0 Å². The smallest absolute Gasteiger partial charge is 0.161 e. The van der Waals surface area contributed by atoms with E-state index in [9.17, 15) is 0 Å². The van der Waals surface area contributed by atoms with E-state index in [-0.39, 0.29) is 5.38 Å². The van der Waals surface area contributed by atoms with E-state index in [2.05, 4.69) is 19.9 Å². The lowest BCUT2D eigenvalue weighted by Gasteiger charge is -2.19. The van der Waals surface area contributed by atoms with Crippen LogP contribution in [0.1, 0.15) is 26.3 Å². The molecule has 100 valence electrons. The maximum absolute atomic E-state index is 6.57. The molecule has 0 amide bonds. The Hall–Kier alpha value is -1.19. The minimum Gasteiger partial charge on any atom is -0.486 e. The molecule has 1 atom stereocenters. The molecule has 0 aliphatic carbocycles. The monoisotopic (exact) mass is 294 g/mol. The Labute approximate surface area is 121 Å². The van der Waals surface area contributed by atoms with Gasteiger partial charge in [0.1, 0.15) is 13.2 Å². The molecule has 0 bridgehead atoms. The summed E-state index contributed by atoms with van der Waals surface area (Å²) >= 11 is 8.32. The van der Waals surface area contributed by atoms with E-state index in [1.807, 2.05) is 18.2 Å². The van der Waals surface area contributed by atoms with Crippen LogP contribution in [0.15, 0.2) is 24.3 Å². The molecule has 0 fully saturated rings. The van der Waals surface area contributed by atoms with Gasteiger partial charge in [-0.25, -0.2) is 0 Å². The zero-order valence-electron chi connectivity index (χ0n) is 10.9. The molecule has 2 nitrogen and oxygen atoms in total. The van der Waals surface area contributed by atoms with E-state index in [0.717, 1.165) is 17.1 Å². The number of fused-ring (bicyclic) bond motifs is 1. The number of benzene rings is 1. The summed E-state index contributed by atoms with van der Waals surface area (Å²) in [5.41, 5.74) is 2.34. The number of alkyl halides is 1. The first-order valence-electron chi connectivity index (χ1n) is 6.25. The third-order valence-electron chi connectivity index (χ3n) is 3.29. The fourth-order valence-corrected chi connectivity index (χ4v) is 3.49. The minimum atomic E-state index is -0.131. The minimum absolute atomic E-state index is 0.131. The lowest BCUT2D eigenvalue weighted by molar-refractivity contribution is 0.171. The lowest BCUT2D eigenvalue weighted by Crippen LogP contribution is -2.15. The van der Waals surface area contributed by atoms with Crippen LogP contribution >= 0.6 is 22.9 Å². The first kappa shape index (κ1) is 12.8. The Bertz CT molecular complexity index is 587. The van der Waals surface area contributed by atoms with E-state index in [0.29, 0.717) is 13.2 Å². The van der Waals surface area contributed by atoms with Crippen molar-refractivity contribution >= 4 is 22.9 Å². The Balaban J connectivity index is 1.93. The van der Waals surface area contributed by atoms with Crippen LogP contribution in [0.3, 0.4) is 0 Å². The van der Waals surface area contributed by atoms with Gasteiger partial charge in [-0.05, 0) is 43.2 Å². The third-order valence-corrected chi connectivity index (χ3v) is 5.13. The van der Waals surface area contributed by atoms with Crippen molar-refractivity contribution in [2.45, 2.75) is 19.2 Å². The van der Waals surface area contributed by atoms with Gasteiger partial charge in [-0.2, -0.15) is 0 Å². The Morgan fingerprint density at radius 3 is 2.53 bits per heavy atom. The van der Waals surface area contributed by atoms with Crippen molar-refractivity contribution < 1.29 is 9.47 Å². The van der Waals surface area contributed by atoms with Crippen molar-refractivity contribution in [2.24, 2.45) is 0 Å². The van der Waals surface area contributed by atoms with Gasteiger partial charge in [-0.1, -0.05) is 6.07 Å². The molecule has 0 saturated carbocycles. The van der Waals surface area contributed by atoms with Gasteiger partial charge in [0, 0.05) is 9.75 Å². The van der Waals surface area contributed by atoms with Crippen molar-refractivity contribution in [3.05, 3.63) is 45.1 Å². The fraction of sp³-hybridized carbons (Fsp3) is 0.333. The second-order valence-electron chi connectivity index (χ2n) is 4.65. The standard InChI is InChI=1S/C15H15ClO2S/c1-9-7-14(19-10(9)2)15(16)11-3-4-12-13(8-11)18-6-5-17-12/h3-4,7-8,15H,5-6H2,1-2H3. The highest BCUT2D eigenvalue weighted by molar-refractivity contribution is 7.12. The van der Waals surface area contributed by atoms with Crippen LogP contribution in [0.2, 0.25) is 0 Å². The van der Waals surface area contributed by atoms with Crippen LogP contribution in [-0.4, -0.2) is 13.2 Å². The molecule has 2 heterocycles. The topological polar surface area (TPSA) is 18.5 Å². The third kappa shape index (κ3) is 2.45. The highest BCUT2D eigenvalue weighted by atomic mass is 35.5. The summed E-state index contributed by atoms with van der Waals surface area (Å²) in [4.78, 5) is 2.49. The quantitative estimate of drug-likeness (QED) is 0.761. The van der Waals surface area contributed by atoms with Gasteiger partial charge in [-0.15, -0.1) is 22.9 Å². The second kappa shape index (κ2) is 5.06. The van der Waals surface area contributed by atoms with Gasteiger partial charge < -0.3 is 9.47 Å². The summed E-state index contributed by atoms with van der Waals surface area (Å²) in [5, 5.41) is -0.131. The van der Waals surface area contributed by atoms with Crippen molar-refractivity contribution in [1.29, 1.82) is 0 Å². The molecule has 0 spiro atoms. The average Bonchev–Trinajstić information content (AvgIpc) is 2.77. The summed E-state index contributed by atoms with van der Waals surface area (Å²) in [5.74, 6) is 1.59. The number of ether oxygens (including phenoxy) is 2. The highest BCUT2D eigenvalue weighted by Gasteiger charge is 2.18. The van der Waals surface area contributed by atoms with Gasteiger partial charge in [0.25, 0.3) is 0 Å². The number of hydrogen-bond donors (Lipinski definition) is 0. The number of rotatable bonds is 2. The zero-order chi connectivity index (χ0) is 13.4. The average molecular weight is 295 g/mol. The molecular weight excluding hydrogens is 280 g/mol. The summed E-state index contributed by atoms with van der Waals surface area (Å²) in [6, 6.07) is 8.09. The molecule has 0 N–H and O–H groups in total. The van der Waals surface area contributed by atoms with E-state index < -0.39 is 0 Å². The Morgan fingerprint density at radius 2 is 1.84 bits per heavy atom. The SMILES string of the molecule is Cc1cc(C(Cl)c2ccc3c(c2)OCCO3)sc1C. The van der Waals surface area contributed by atoms with Gasteiger partial charge in [0.05, 0.1) is 5.38 Å². The summed E-state index contributed by atoms with van der Waals surface area (Å²) in [6.45, 7) is 5.44. The van der Waals surface area contributed by atoms with Crippen LogP contribution in [-0.2, 0) is 0 Å². The molecule has 1 aromatic carbocycles. The molecule has 1 unspecified atom stereocenters. The highest BCUT2D eigenvalue weighted by Crippen LogP contribution is 2.39. The molecular formula is C15H15ClO2S. The maximum atomic E-state index is 6.57. The molecule has 1 aromatic heterocycles. The van der Waals surface area contributed by atoms with E-state index in [1.54, 1.807) is 11.3 Å². The van der Waals surface area contributed by atoms with Crippen molar-refractivity contribution in [3.8, 4) is 11.5 Å². The molecule has 19 heavy (non-hydrogen) atoms. The number of hydrogen-bond acceptors (Lipinski definition) is 3. The second-order valence-corrected chi connectivity index (χ2v) is 6.38. The number of thiophene rings is 1. The van der Waals surface area contributed by atoms with Gasteiger partial charge in [-0.3, -0.25) is 0 Å². The molecule has 1 aliphatic heterocycles. The zero-order valence-corrected chi connectivity index (χ0v) is 12.5. The van der Waals surface area contributed by atoms with Gasteiger partial charge in [0.15, 0.2) is 11.5 Å². The maximum Gasteiger partial charge on any atom is 0.161 e. The molecule has 4 heteroatoms. The Kier molecular flexibility index (Phi) is 3.42. The predicted octanol–water partition coefficient (Wildman–Crippen LogP) is 4.46. The van der Waals surface area contributed by atoms with Crippen LogP contribution in [0.5, 0.6) is 11.5 Å². The molecule has 3 rings (SSSR count). The molecule has 1 aliphatic rings. The molecule has 0 saturated heterocycles. The van der Waals surface area contributed by atoms with Gasteiger partial charge in [0.2, 0.25) is 0 Å². The number of aryl methyl sites for hydroxylation is 2. The van der Waals surface area contributed by atoms with E-state index in [4.69, 9.17) is 21.1 Å². The van der Waals surface area contributed by atoms with Crippen LogP contribution in [0.4, 0.5) is 0 Å². The first-order chi connectivity index (χ1) is 9.15. The van der Waals surface area contributed by atoms with Crippen molar-refractivity contribution in [2.75, 3.05) is 13.2 Å². The van der Waals surface area contributed by atoms with Crippen LogP contribution in [0.25, 0.3) is 0 Å².